The molecule has 1 aliphatic rings. The minimum absolute atomic E-state index is 0.0658. The molecule has 0 spiro atoms. The van der Waals surface area contributed by atoms with Crippen molar-refractivity contribution >= 4 is 11.9 Å². The molecule has 1 aromatic carbocycles. The van der Waals surface area contributed by atoms with Crippen molar-refractivity contribution in [2.75, 3.05) is 6.61 Å². The van der Waals surface area contributed by atoms with E-state index < -0.39 is 0 Å². The molecule has 0 N–H and O–H groups in total. The lowest BCUT2D eigenvalue weighted by Crippen LogP contribution is -2.23. The predicted molar refractivity (Wildman–Crippen MR) is 75.5 cm³/mol. The van der Waals surface area contributed by atoms with Gasteiger partial charge in [-0.2, -0.15) is 0 Å². The smallest absolute Gasteiger partial charge is 0.309 e. The highest BCUT2D eigenvalue weighted by Gasteiger charge is 2.20. The normalized spacial score (nSPS) is 15.9. The zero-order chi connectivity index (χ0) is 14.4. The summed E-state index contributed by atoms with van der Waals surface area (Å²) in [6.45, 7) is 2.64. The van der Waals surface area contributed by atoms with Crippen LogP contribution < -0.4 is 0 Å². The minimum Gasteiger partial charge on any atom is -0.466 e. The number of amides is 1. The van der Waals surface area contributed by atoms with E-state index in [4.69, 9.17) is 4.74 Å². The van der Waals surface area contributed by atoms with E-state index in [9.17, 15) is 9.59 Å². The summed E-state index contributed by atoms with van der Waals surface area (Å²) < 4.78 is 4.87. The molecular weight excluding hydrogens is 254 g/mol. The van der Waals surface area contributed by atoms with Crippen LogP contribution in [-0.4, -0.2) is 23.4 Å². The van der Waals surface area contributed by atoms with Crippen LogP contribution in [0.5, 0.6) is 0 Å². The third-order valence-corrected chi connectivity index (χ3v) is 2.94. The topological polar surface area (TPSA) is 46.6 Å². The standard InChI is InChI=1S/C16H17NO3/c1-2-20-16(19)11-9-14-8-10-15(18)17(14)12-13-6-4-3-5-7-13/h3-10H,2,11-12H2,1H3/b14-9+. The zero-order valence-corrected chi connectivity index (χ0v) is 11.4. The van der Waals surface area contributed by atoms with Crippen LogP contribution in [0.4, 0.5) is 0 Å². The second-order valence-corrected chi connectivity index (χ2v) is 4.38. The van der Waals surface area contributed by atoms with Gasteiger partial charge in [0.1, 0.15) is 0 Å². The molecule has 4 nitrogen and oxygen atoms in total. The van der Waals surface area contributed by atoms with Crippen molar-refractivity contribution in [3.05, 3.63) is 59.8 Å². The molecule has 4 heteroatoms. The lowest BCUT2D eigenvalue weighted by atomic mass is 10.2. The highest BCUT2D eigenvalue weighted by Crippen LogP contribution is 2.19. The molecule has 1 heterocycles. The highest BCUT2D eigenvalue weighted by molar-refractivity contribution is 5.93. The van der Waals surface area contributed by atoms with E-state index in [1.54, 1.807) is 24.0 Å². The molecule has 104 valence electrons. The second kappa shape index (κ2) is 6.70. The van der Waals surface area contributed by atoms with Gasteiger partial charge in [-0.3, -0.25) is 9.59 Å². The predicted octanol–water partition coefficient (Wildman–Crippen LogP) is 2.42. The van der Waals surface area contributed by atoms with Gasteiger partial charge in [-0.25, -0.2) is 0 Å². The van der Waals surface area contributed by atoms with Crippen molar-refractivity contribution in [2.24, 2.45) is 0 Å². The number of hydrogen-bond acceptors (Lipinski definition) is 3. The monoisotopic (exact) mass is 271 g/mol. The summed E-state index contributed by atoms with van der Waals surface area (Å²) in [7, 11) is 0. The molecule has 2 rings (SSSR count). The molecule has 0 aromatic heterocycles. The molecule has 0 aliphatic carbocycles. The molecule has 0 radical (unpaired) electrons. The SMILES string of the molecule is CCOC(=O)C/C=C1\C=CC(=O)N1Cc1ccccc1. The van der Waals surface area contributed by atoms with Gasteiger partial charge >= 0.3 is 5.97 Å². The Morgan fingerprint density at radius 3 is 2.70 bits per heavy atom. The molecule has 0 saturated carbocycles. The first-order valence-corrected chi connectivity index (χ1v) is 6.60. The van der Waals surface area contributed by atoms with Gasteiger partial charge in [0, 0.05) is 11.8 Å². The summed E-state index contributed by atoms with van der Waals surface area (Å²) in [5.74, 6) is -0.351. The molecule has 0 fully saturated rings. The van der Waals surface area contributed by atoms with E-state index >= 15 is 0 Å². The van der Waals surface area contributed by atoms with Gasteiger partial charge < -0.3 is 9.64 Å². The Labute approximate surface area is 118 Å². The summed E-state index contributed by atoms with van der Waals surface area (Å²) >= 11 is 0. The van der Waals surface area contributed by atoms with Crippen molar-refractivity contribution in [3.8, 4) is 0 Å². The Morgan fingerprint density at radius 1 is 1.25 bits per heavy atom. The Balaban J connectivity index is 2.04. The number of carbonyl (C=O) groups excluding carboxylic acids is 2. The van der Waals surface area contributed by atoms with Gasteiger partial charge in [0.15, 0.2) is 0 Å². The second-order valence-electron chi connectivity index (χ2n) is 4.38. The summed E-state index contributed by atoms with van der Waals surface area (Å²) in [6.07, 6.45) is 5.14. The quantitative estimate of drug-likeness (QED) is 0.773. The molecule has 0 unspecified atom stereocenters. The number of esters is 1. The largest absolute Gasteiger partial charge is 0.466 e. The lowest BCUT2D eigenvalue weighted by molar-refractivity contribution is -0.142. The van der Waals surface area contributed by atoms with Gasteiger partial charge in [0.05, 0.1) is 19.6 Å². The fourth-order valence-corrected chi connectivity index (χ4v) is 1.99. The Kier molecular flexibility index (Phi) is 4.71. The Hall–Kier alpha value is -2.36. The molecule has 0 bridgehead atoms. The first-order valence-electron chi connectivity index (χ1n) is 6.60. The number of carbonyl (C=O) groups is 2. The van der Waals surface area contributed by atoms with Crippen molar-refractivity contribution in [3.63, 3.8) is 0 Å². The van der Waals surface area contributed by atoms with Crippen LogP contribution in [0.25, 0.3) is 0 Å². The maximum atomic E-state index is 11.8. The van der Waals surface area contributed by atoms with E-state index in [1.165, 1.54) is 6.08 Å². The van der Waals surface area contributed by atoms with E-state index in [-0.39, 0.29) is 18.3 Å². The molecule has 1 aliphatic heterocycles. The molecule has 1 amide bonds. The van der Waals surface area contributed by atoms with Crippen LogP contribution >= 0.6 is 0 Å². The maximum Gasteiger partial charge on any atom is 0.309 e. The number of allylic oxidation sites excluding steroid dienone is 1. The third kappa shape index (κ3) is 3.57. The first kappa shape index (κ1) is 14.1. The number of ether oxygens (including phenoxy) is 1. The molecule has 1 aromatic rings. The first-order chi connectivity index (χ1) is 9.70. The fourth-order valence-electron chi connectivity index (χ4n) is 1.99. The van der Waals surface area contributed by atoms with Gasteiger partial charge in [-0.05, 0) is 24.6 Å². The number of nitrogens with zero attached hydrogens (tertiary/aromatic N) is 1. The van der Waals surface area contributed by atoms with Crippen molar-refractivity contribution in [2.45, 2.75) is 19.9 Å². The summed E-state index contributed by atoms with van der Waals surface area (Å²) in [5, 5.41) is 0. The summed E-state index contributed by atoms with van der Waals surface area (Å²) in [4.78, 5) is 24.8. The van der Waals surface area contributed by atoms with Crippen LogP contribution in [0.2, 0.25) is 0 Å². The zero-order valence-electron chi connectivity index (χ0n) is 11.4. The molecule has 20 heavy (non-hydrogen) atoms. The maximum absolute atomic E-state index is 11.8. The van der Waals surface area contributed by atoms with Crippen molar-refractivity contribution < 1.29 is 14.3 Å². The highest BCUT2D eigenvalue weighted by atomic mass is 16.5. The Morgan fingerprint density at radius 2 is 2.00 bits per heavy atom. The van der Waals surface area contributed by atoms with E-state index in [1.807, 2.05) is 30.3 Å². The van der Waals surface area contributed by atoms with Crippen LogP contribution in [-0.2, 0) is 20.9 Å². The van der Waals surface area contributed by atoms with Gasteiger partial charge in [-0.1, -0.05) is 30.3 Å². The van der Waals surface area contributed by atoms with Crippen LogP contribution in [0.1, 0.15) is 18.9 Å². The number of benzene rings is 1. The number of rotatable bonds is 5. The molecule has 0 saturated heterocycles. The molecular formula is C16H17NO3. The Bertz CT molecular complexity index is 546. The number of hydrogen-bond donors (Lipinski definition) is 0. The summed E-state index contributed by atoms with van der Waals surface area (Å²) in [5.41, 5.74) is 1.79. The average molecular weight is 271 g/mol. The minimum atomic E-state index is -0.285. The van der Waals surface area contributed by atoms with Gasteiger partial charge in [-0.15, -0.1) is 0 Å². The van der Waals surface area contributed by atoms with Crippen molar-refractivity contribution in [1.29, 1.82) is 0 Å². The third-order valence-electron chi connectivity index (χ3n) is 2.94. The average Bonchev–Trinajstić information content (AvgIpc) is 2.79. The van der Waals surface area contributed by atoms with Gasteiger partial charge in [0.25, 0.3) is 5.91 Å². The van der Waals surface area contributed by atoms with Crippen LogP contribution in [0, 0.1) is 0 Å². The summed E-state index contributed by atoms with van der Waals surface area (Å²) in [6, 6.07) is 9.74. The van der Waals surface area contributed by atoms with E-state index in [2.05, 4.69) is 0 Å². The van der Waals surface area contributed by atoms with E-state index in [0.717, 1.165) is 11.3 Å². The lowest BCUT2D eigenvalue weighted by Gasteiger charge is -2.18. The van der Waals surface area contributed by atoms with Crippen molar-refractivity contribution in [1.82, 2.24) is 4.90 Å². The fraction of sp³-hybridized carbons (Fsp3) is 0.250. The molecule has 0 atom stereocenters. The van der Waals surface area contributed by atoms with E-state index in [0.29, 0.717) is 13.2 Å². The van der Waals surface area contributed by atoms with Crippen LogP contribution in [0.15, 0.2) is 54.3 Å². The van der Waals surface area contributed by atoms with Gasteiger partial charge in [0.2, 0.25) is 0 Å². The van der Waals surface area contributed by atoms with Crippen LogP contribution in [0.3, 0.4) is 0 Å².